The van der Waals surface area contributed by atoms with E-state index < -0.39 is 0 Å². The van der Waals surface area contributed by atoms with Crippen molar-refractivity contribution in [3.63, 3.8) is 0 Å². The van der Waals surface area contributed by atoms with Gasteiger partial charge in [-0.3, -0.25) is 4.79 Å². The average Bonchev–Trinajstić information content (AvgIpc) is 3.22. The fourth-order valence-corrected chi connectivity index (χ4v) is 2.46. The molecule has 20 heavy (non-hydrogen) atoms. The topological polar surface area (TPSA) is 66.0 Å². The van der Waals surface area contributed by atoms with Crippen molar-refractivity contribution >= 4 is 0 Å². The van der Waals surface area contributed by atoms with E-state index in [0.717, 1.165) is 5.56 Å². The predicted molar refractivity (Wildman–Crippen MR) is 78.0 cm³/mol. The molecule has 0 aliphatic heterocycles. The predicted octanol–water partition coefficient (Wildman–Crippen LogP) is 3.14. The van der Waals surface area contributed by atoms with Gasteiger partial charge in [0.25, 0.3) is 5.56 Å². The van der Waals surface area contributed by atoms with E-state index in [-0.39, 0.29) is 17.4 Å². The van der Waals surface area contributed by atoms with E-state index >= 15 is 0 Å². The quantitative estimate of drug-likeness (QED) is 0.900. The second-order valence-electron chi connectivity index (χ2n) is 5.70. The van der Waals surface area contributed by atoms with Crippen molar-refractivity contribution in [2.24, 2.45) is 0 Å². The molecule has 2 N–H and O–H groups in total. The molecule has 1 fully saturated rings. The van der Waals surface area contributed by atoms with Crippen LogP contribution in [-0.2, 0) is 0 Å². The van der Waals surface area contributed by atoms with Crippen molar-refractivity contribution in [2.75, 3.05) is 0 Å². The number of hydrogen-bond donors (Lipinski definition) is 2. The Morgan fingerprint density at radius 2 is 1.90 bits per heavy atom. The molecule has 2 aromatic rings. The fraction of sp³-hybridized carbons (Fsp3) is 0.375. The van der Waals surface area contributed by atoms with Crippen molar-refractivity contribution in [2.45, 2.75) is 38.5 Å². The maximum absolute atomic E-state index is 12.0. The Kier molecular flexibility index (Phi) is 3.08. The highest BCUT2D eigenvalue weighted by molar-refractivity contribution is 5.56. The molecule has 0 spiro atoms. The molecule has 1 aromatic carbocycles. The average molecular weight is 270 g/mol. The first kappa shape index (κ1) is 12.9. The summed E-state index contributed by atoms with van der Waals surface area (Å²) in [6.07, 6.45) is 2.52. The Hall–Kier alpha value is -2.10. The number of aromatic hydroxyl groups is 1. The van der Waals surface area contributed by atoms with Crippen molar-refractivity contribution in [1.29, 1.82) is 0 Å². The van der Waals surface area contributed by atoms with Gasteiger partial charge in [0.1, 0.15) is 5.82 Å². The normalized spacial score (nSPS) is 14.8. The summed E-state index contributed by atoms with van der Waals surface area (Å²) in [5.41, 5.74) is 2.22. The molecule has 1 aliphatic rings. The lowest BCUT2D eigenvalue weighted by Gasteiger charge is -2.08. The molecule has 0 radical (unpaired) electrons. The maximum Gasteiger partial charge on any atom is 0.258 e. The molecular weight excluding hydrogens is 252 g/mol. The van der Waals surface area contributed by atoms with Crippen LogP contribution in [0.15, 0.2) is 29.1 Å². The van der Waals surface area contributed by atoms with Gasteiger partial charge < -0.3 is 10.1 Å². The van der Waals surface area contributed by atoms with E-state index in [4.69, 9.17) is 0 Å². The molecule has 1 heterocycles. The first-order chi connectivity index (χ1) is 9.56. The Balaban J connectivity index is 1.99. The van der Waals surface area contributed by atoms with Crippen LogP contribution in [0.25, 0.3) is 11.4 Å². The largest absolute Gasteiger partial charge is 0.493 e. The molecule has 4 nitrogen and oxygen atoms in total. The smallest absolute Gasteiger partial charge is 0.258 e. The number of hydrogen-bond acceptors (Lipinski definition) is 3. The van der Waals surface area contributed by atoms with Gasteiger partial charge in [-0.05, 0) is 30.2 Å². The monoisotopic (exact) mass is 270 g/mol. The summed E-state index contributed by atoms with van der Waals surface area (Å²) in [7, 11) is 0. The third kappa shape index (κ3) is 2.33. The van der Waals surface area contributed by atoms with Gasteiger partial charge in [0.2, 0.25) is 5.88 Å². The number of rotatable bonds is 3. The van der Waals surface area contributed by atoms with E-state index in [1.807, 2.05) is 26.0 Å². The number of benzene rings is 1. The Morgan fingerprint density at radius 1 is 1.25 bits per heavy atom. The molecule has 0 atom stereocenters. The second-order valence-corrected chi connectivity index (χ2v) is 5.70. The Labute approximate surface area is 117 Å². The minimum atomic E-state index is -0.270. The molecular formula is C16H18N2O2. The highest BCUT2D eigenvalue weighted by Crippen LogP contribution is 2.40. The van der Waals surface area contributed by atoms with Crippen LogP contribution in [0.2, 0.25) is 0 Å². The Morgan fingerprint density at radius 3 is 2.40 bits per heavy atom. The van der Waals surface area contributed by atoms with Gasteiger partial charge in [0, 0.05) is 5.56 Å². The van der Waals surface area contributed by atoms with Crippen molar-refractivity contribution in [3.05, 3.63) is 45.7 Å². The van der Waals surface area contributed by atoms with Crippen molar-refractivity contribution in [3.8, 4) is 17.3 Å². The standard InChI is InChI=1S/C16H18N2O2/c1-9(2)13-15(19)17-14(18-16(13)20)12-7-5-11(6-8-12)10-3-4-10/h5-10H,3-4H2,1-2H3,(H2,17,18,19,20). The molecule has 4 heteroatoms. The first-order valence-corrected chi connectivity index (χ1v) is 6.99. The van der Waals surface area contributed by atoms with Gasteiger partial charge in [-0.15, -0.1) is 0 Å². The minimum absolute atomic E-state index is 0.0578. The van der Waals surface area contributed by atoms with Crippen LogP contribution >= 0.6 is 0 Å². The minimum Gasteiger partial charge on any atom is -0.493 e. The zero-order valence-corrected chi connectivity index (χ0v) is 11.7. The number of nitrogens with zero attached hydrogens (tertiary/aromatic N) is 1. The summed E-state index contributed by atoms with van der Waals surface area (Å²) in [5, 5.41) is 9.93. The molecule has 0 bridgehead atoms. The van der Waals surface area contributed by atoms with E-state index in [1.165, 1.54) is 18.4 Å². The van der Waals surface area contributed by atoms with Gasteiger partial charge in [-0.25, -0.2) is 0 Å². The number of H-pyrrole nitrogens is 1. The third-order valence-electron chi connectivity index (χ3n) is 3.75. The fourth-order valence-electron chi connectivity index (χ4n) is 2.46. The number of aromatic amines is 1. The maximum atomic E-state index is 12.0. The van der Waals surface area contributed by atoms with Gasteiger partial charge in [-0.2, -0.15) is 4.98 Å². The highest BCUT2D eigenvalue weighted by Gasteiger charge is 2.23. The molecule has 104 valence electrons. The lowest BCUT2D eigenvalue weighted by molar-refractivity contribution is 0.440. The Bertz CT molecular complexity index is 683. The summed E-state index contributed by atoms with van der Waals surface area (Å²) in [6, 6.07) is 8.03. The van der Waals surface area contributed by atoms with Crippen LogP contribution in [0.1, 0.15) is 49.7 Å². The SMILES string of the molecule is CC(C)c1c(O)nc(-c2ccc(C3CC3)cc2)[nH]c1=O. The lowest BCUT2D eigenvalue weighted by atomic mass is 10.1. The van der Waals surface area contributed by atoms with Gasteiger partial charge in [-0.1, -0.05) is 38.1 Å². The zero-order chi connectivity index (χ0) is 14.3. The molecule has 1 aliphatic carbocycles. The molecule has 0 unspecified atom stereocenters. The van der Waals surface area contributed by atoms with Gasteiger partial charge in [0.05, 0.1) is 5.56 Å². The summed E-state index contributed by atoms with van der Waals surface area (Å²) in [6.45, 7) is 3.71. The first-order valence-electron chi connectivity index (χ1n) is 6.99. The van der Waals surface area contributed by atoms with E-state index in [0.29, 0.717) is 17.3 Å². The van der Waals surface area contributed by atoms with Crippen molar-refractivity contribution in [1.82, 2.24) is 9.97 Å². The van der Waals surface area contributed by atoms with Gasteiger partial charge >= 0.3 is 0 Å². The highest BCUT2D eigenvalue weighted by atomic mass is 16.3. The zero-order valence-electron chi connectivity index (χ0n) is 11.7. The molecule has 1 aromatic heterocycles. The number of nitrogens with one attached hydrogen (secondary N) is 1. The molecule has 0 saturated heterocycles. The molecule has 1 saturated carbocycles. The van der Waals surface area contributed by atoms with E-state index in [2.05, 4.69) is 22.1 Å². The number of aromatic nitrogens is 2. The van der Waals surface area contributed by atoms with Crippen molar-refractivity contribution < 1.29 is 5.11 Å². The van der Waals surface area contributed by atoms with Crippen LogP contribution < -0.4 is 5.56 Å². The van der Waals surface area contributed by atoms with Crippen LogP contribution in [0.3, 0.4) is 0 Å². The van der Waals surface area contributed by atoms with E-state index in [1.54, 1.807) is 0 Å². The molecule has 3 rings (SSSR count). The summed E-state index contributed by atoms with van der Waals surface area (Å²) < 4.78 is 0. The second kappa shape index (κ2) is 4.78. The third-order valence-corrected chi connectivity index (χ3v) is 3.75. The van der Waals surface area contributed by atoms with Crippen LogP contribution in [0, 0.1) is 0 Å². The van der Waals surface area contributed by atoms with Crippen LogP contribution in [0.4, 0.5) is 0 Å². The summed E-state index contributed by atoms with van der Waals surface area (Å²) in [5.74, 6) is 0.884. The van der Waals surface area contributed by atoms with Crippen LogP contribution in [0.5, 0.6) is 5.88 Å². The van der Waals surface area contributed by atoms with E-state index in [9.17, 15) is 9.90 Å². The summed E-state index contributed by atoms with van der Waals surface area (Å²) >= 11 is 0. The van der Waals surface area contributed by atoms with Crippen LogP contribution in [-0.4, -0.2) is 15.1 Å². The summed E-state index contributed by atoms with van der Waals surface area (Å²) in [4.78, 5) is 18.9. The molecule has 0 amide bonds. The van der Waals surface area contributed by atoms with Gasteiger partial charge in [0.15, 0.2) is 0 Å². The lowest BCUT2D eigenvalue weighted by Crippen LogP contribution is -2.16.